The Morgan fingerprint density at radius 1 is 1.25 bits per heavy atom. The number of methoxy groups -OCH3 is 1. The summed E-state index contributed by atoms with van der Waals surface area (Å²) in [6, 6.07) is 11.4. The van der Waals surface area contributed by atoms with Crippen LogP contribution in [0.1, 0.15) is 28.9 Å². The first-order valence-corrected chi connectivity index (χ1v) is 9.21. The van der Waals surface area contributed by atoms with Gasteiger partial charge in [-0.25, -0.2) is 10.5 Å². The van der Waals surface area contributed by atoms with Crippen molar-refractivity contribution in [3.05, 3.63) is 58.9 Å². The summed E-state index contributed by atoms with van der Waals surface area (Å²) in [7, 11) is 1.65. The molecule has 0 bridgehead atoms. The lowest BCUT2D eigenvalue weighted by atomic mass is 10.1. The molecule has 7 heteroatoms. The van der Waals surface area contributed by atoms with Gasteiger partial charge < -0.3 is 15.0 Å². The number of rotatable bonds is 7. The van der Waals surface area contributed by atoms with Crippen LogP contribution in [0.4, 0.5) is 0 Å². The van der Waals surface area contributed by atoms with E-state index in [1.54, 1.807) is 12.6 Å². The maximum absolute atomic E-state index is 11.5. The zero-order valence-electron chi connectivity index (χ0n) is 16.4. The minimum atomic E-state index is -0.789. The standard InChI is InChI=1S/C21H26N4O3/c1-13-10-18-19(11-14(13)2)25(12-15-4-6-16(28-3)7-5-15)20(23-18)9-8-17(22)21(26)24-27/h4-7,10-11,17,27H,8-9,12,22H2,1-3H3,(H,24,26)/t17-/m0/s1. The minimum absolute atomic E-state index is 0.385. The van der Waals surface area contributed by atoms with Crippen LogP contribution in [-0.4, -0.2) is 33.8 Å². The van der Waals surface area contributed by atoms with E-state index >= 15 is 0 Å². The Labute approximate surface area is 164 Å². The molecule has 0 spiro atoms. The van der Waals surface area contributed by atoms with Crippen molar-refractivity contribution in [2.24, 2.45) is 5.73 Å². The van der Waals surface area contributed by atoms with E-state index in [1.165, 1.54) is 11.1 Å². The molecular weight excluding hydrogens is 356 g/mol. The quantitative estimate of drug-likeness (QED) is 0.430. The summed E-state index contributed by atoms with van der Waals surface area (Å²) in [6.45, 7) is 4.80. The second-order valence-corrected chi connectivity index (χ2v) is 7.01. The number of hydrogen-bond acceptors (Lipinski definition) is 5. The summed E-state index contributed by atoms with van der Waals surface area (Å²) in [5.41, 5.74) is 12.9. The van der Waals surface area contributed by atoms with Gasteiger partial charge in [0, 0.05) is 13.0 Å². The Morgan fingerprint density at radius 3 is 2.57 bits per heavy atom. The summed E-state index contributed by atoms with van der Waals surface area (Å²) < 4.78 is 7.39. The number of ether oxygens (including phenoxy) is 1. The van der Waals surface area contributed by atoms with Gasteiger partial charge in [0.05, 0.1) is 24.2 Å². The van der Waals surface area contributed by atoms with Gasteiger partial charge in [0.1, 0.15) is 11.6 Å². The van der Waals surface area contributed by atoms with Crippen molar-refractivity contribution in [2.45, 2.75) is 39.3 Å². The second-order valence-electron chi connectivity index (χ2n) is 7.01. The van der Waals surface area contributed by atoms with Gasteiger partial charge in [-0.3, -0.25) is 10.0 Å². The SMILES string of the molecule is COc1ccc(Cn2c(CC[C@H](N)C(=O)NO)nc3cc(C)c(C)cc32)cc1. The van der Waals surface area contributed by atoms with Crippen molar-refractivity contribution >= 4 is 16.9 Å². The Bertz CT molecular complexity index is 979. The molecule has 0 fully saturated rings. The third-order valence-electron chi connectivity index (χ3n) is 5.07. The number of aromatic nitrogens is 2. The summed E-state index contributed by atoms with van der Waals surface area (Å²) in [6.07, 6.45) is 0.911. The lowest BCUT2D eigenvalue weighted by Crippen LogP contribution is -2.39. The molecule has 0 saturated carbocycles. The first-order valence-electron chi connectivity index (χ1n) is 9.21. The number of imidazole rings is 1. The van der Waals surface area contributed by atoms with Crippen molar-refractivity contribution in [1.29, 1.82) is 0 Å². The second kappa shape index (κ2) is 8.41. The van der Waals surface area contributed by atoms with Crippen LogP contribution in [0.15, 0.2) is 36.4 Å². The first kappa shape index (κ1) is 19.9. The fourth-order valence-corrected chi connectivity index (χ4v) is 3.21. The predicted molar refractivity (Wildman–Crippen MR) is 108 cm³/mol. The lowest BCUT2D eigenvalue weighted by molar-refractivity contribution is -0.130. The molecule has 7 nitrogen and oxygen atoms in total. The molecule has 0 saturated heterocycles. The monoisotopic (exact) mass is 382 g/mol. The Balaban J connectivity index is 1.96. The number of carbonyl (C=O) groups is 1. The van der Waals surface area contributed by atoms with E-state index < -0.39 is 11.9 Å². The smallest absolute Gasteiger partial charge is 0.260 e. The van der Waals surface area contributed by atoms with Gasteiger partial charge in [-0.1, -0.05) is 12.1 Å². The van der Waals surface area contributed by atoms with Gasteiger partial charge in [0.15, 0.2) is 0 Å². The van der Waals surface area contributed by atoms with Crippen LogP contribution in [0.5, 0.6) is 5.75 Å². The van der Waals surface area contributed by atoms with E-state index in [9.17, 15) is 4.79 Å². The summed E-state index contributed by atoms with van der Waals surface area (Å²) in [5, 5.41) is 8.76. The number of hydroxylamine groups is 1. The first-order chi connectivity index (χ1) is 13.4. The van der Waals surface area contributed by atoms with Crippen molar-refractivity contribution in [1.82, 2.24) is 15.0 Å². The average molecular weight is 382 g/mol. The van der Waals surface area contributed by atoms with Crippen molar-refractivity contribution in [2.75, 3.05) is 7.11 Å². The molecule has 148 valence electrons. The maximum Gasteiger partial charge on any atom is 0.260 e. The van der Waals surface area contributed by atoms with E-state index in [2.05, 4.69) is 30.5 Å². The number of hydrogen-bond donors (Lipinski definition) is 3. The van der Waals surface area contributed by atoms with E-state index in [1.807, 2.05) is 24.3 Å². The molecule has 3 rings (SSSR count). The molecule has 1 atom stereocenters. The highest BCUT2D eigenvalue weighted by molar-refractivity contribution is 5.80. The number of amides is 1. The Hall–Kier alpha value is -2.90. The van der Waals surface area contributed by atoms with Crippen molar-refractivity contribution in [3.63, 3.8) is 0 Å². The highest BCUT2D eigenvalue weighted by Gasteiger charge is 2.17. The average Bonchev–Trinajstić information content (AvgIpc) is 3.02. The van der Waals surface area contributed by atoms with Gasteiger partial charge in [0.25, 0.3) is 5.91 Å². The lowest BCUT2D eigenvalue weighted by Gasteiger charge is -2.12. The third kappa shape index (κ3) is 4.16. The van der Waals surface area contributed by atoms with Crippen LogP contribution in [0, 0.1) is 13.8 Å². The zero-order valence-corrected chi connectivity index (χ0v) is 16.4. The molecule has 2 aromatic carbocycles. The molecule has 0 unspecified atom stereocenters. The zero-order chi connectivity index (χ0) is 20.3. The molecule has 3 aromatic rings. The van der Waals surface area contributed by atoms with E-state index in [-0.39, 0.29) is 0 Å². The molecule has 28 heavy (non-hydrogen) atoms. The third-order valence-corrected chi connectivity index (χ3v) is 5.07. The van der Waals surface area contributed by atoms with Gasteiger partial charge in [-0.05, 0) is 61.2 Å². The van der Waals surface area contributed by atoms with E-state index in [0.717, 1.165) is 28.2 Å². The molecule has 1 amide bonds. The van der Waals surface area contributed by atoms with Crippen molar-refractivity contribution in [3.8, 4) is 5.75 Å². The molecule has 0 aliphatic rings. The van der Waals surface area contributed by atoms with Crippen molar-refractivity contribution < 1.29 is 14.7 Å². The highest BCUT2D eigenvalue weighted by atomic mass is 16.5. The summed E-state index contributed by atoms with van der Waals surface area (Å²) in [5.74, 6) is 1.08. The van der Waals surface area contributed by atoms with Crippen LogP contribution >= 0.6 is 0 Å². The van der Waals surface area contributed by atoms with Crippen LogP contribution < -0.4 is 16.0 Å². The van der Waals surface area contributed by atoms with E-state index in [0.29, 0.717) is 19.4 Å². The molecule has 0 radical (unpaired) electrons. The van der Waals surface area contributed by atoms with Crippen LogP contribution in [0.25, 0.3) is 11.0 Å². The fraction of sp³-hybridized carbons (Fsp3) is 0.333. The number of fused-ring (bicyclic) bond motifs is 1. The topological polar surface area (TPSA) is 102 Å². The van der Waals surface area contributed by atoms with Gasteiger partial charge in [-0.2, -0.15) is 0 Å². The number of carbonyl (C=O) groups excluding carboxylic acids is 1. The highest BCUT2D eigenvalue weighted by Crippen LogP contribution is 2.23. The number of aryl methyl sites for hydroxylation is 3. The summed E-state index contributed by atoms with van der Waals surface area (Å²) >= 11 is 0. The molecule has 0 aliphatic carbocycles. The minimum Gasteiger partial charge on any atom is -0.497 e. The van der Waals surface area contributed by atoms with Crippen LogP contribution in [0.2, 0.25) is 0 Å². The van der Waals surface area contributed by atoms with Crippen LogP contribution in [0.3, 0.4) is 0 Å². The van der Waals surface area contributed by atoms with Gasteiger partial charge >= 0.3 is 0 Å². The Kier molecular flexibility index (Phi) is 5.96. The molecule has 1 aromatic heterocycles. The van der Waals surface area contributed by atoms with Gasteiger partial charge in [0.2, 0.25) is 0 Å². The van der Waals surface area contributed by atoms with Crippen LogP contribution in [-0.2, 0) is 17.8 Å². The molecule has 0 aliphatic heterocycles. The Morgan fingerprint density at radius 2 is 1.93 bits per heavy atom. The maximum atomic E-state index is 11.5. The van der Waals surface area contributed by atoms with Gasteiger partial charge in [-0.15, -0.1) is 0 Å². The number of nitrogens with two attached hydrogens (primary N) is 1. The largest absolute Gasteiger partial charge is 0.497 e. The fourth-order valence-electron chi connectivity index (χ4n) is 3.21. The normalized spacial score (nSPS) is 12.2. The van der Waals surface area contributed by atoms with E-state index in [4.69, 9.17) is 20.7 Å². The summed E-state index contributed by atoms with van der Waals surface area (Å²) in [4.78, 5) is 16.3. The number of nitrogens with one attached hydrogen (secondary N) is 1. The molecular formula is C21H26N4O3. The number of nitrogens with zero attached hydrogens (tertiary/aromatic N) is 2. The predicted octanol–water partition coefficient (Wildman–Crippen LogP) is 2.48. The number of benzene rings is 2. The molecule has 1 heterocycles. The molecule has 4 N–H and O–H groups in total.